The fraction of sp³-hybridized carbons (Fsp3) is 0.238. The highest BCUT2D eigenvalue weighted by Gasteiger charge is 2.55. The summed E-state index contributed by atoms with van der Waals surface area (Å²) < 4.78 is 10.9. The zero-order valence-corrected chi connectivity index (χ0v) is 15.8. The minimum atomic E-state index is -1.23. The van der Waals surface area contributed by atoms with Crippen LogP contribution >= 0.6 is 0 Å². The number of urea groups is 1. The molecule has 1 spiro atoms. The van der Waals surface area contributed by atoms with E-state index in [9.17, 15) is 19.2 Å². The third kappa shape index (κ3) is 2.70. The van der Waals surface area contributed by atoms with E-state index in [-0.39, 0.29) is 31.1 Å². The second-order valence-electron chi connectivity index (χ2n) is 7.29. The summed E-state index contributed by atoms with van der Waals surface area (Å²) in [5.41, 5.74) is -0.0139. The molecule has 152 valence electrons. The summed E-state index contributed by atoms with van der Waals surface area (Å²) in [5.74, 6) is -0.235. The average molecular weight is 407 g/mol. The van der Waals surface area contributed by atoms with E-state index in [0.717, 1.165) is 4.90 Å². The summed E-state index contributed by atoms with van der Waals surface area (Å²) >= 11 is 0. The molecule has 3 aliphatic rings. The van der Waals surface area contributed by atoms with Gasteiger partial charge in [0.2, 0.25) is 0 Å². The van der Waals surface area contributed by atoms with Gasteiger partial charge in [0, 0.05) is 17.5 Å². The zero-order valence-electron chi connectivity index (χ0n) is 15.8. The van der Waals surface area contributed by atoms with Crippen molar-refractivity contribution in [2.24, 2.45) is 0 Å². The fourth-order valence-corrected chi connectivity index (χ4v) is 4.01. The maximum Gasteiger partial charge on any atom is 0.325 e. The average Bonchev–Trinajstić information content (AvgIpc) is 2.98. The first-order chi connectivity index (χ1) is 14.5. The van der Waals surface area contributed by atoms with Crippen molar-refractivity contribution >= 4 is 29.3 Å². The molecule has 3 aliphatic heterocycles. The standard InChI is InChI=1S/C21H17N3O6/c25-15(12-5-6-17-14(9-12)22-18(26)11-30-17)10-24-19(27)21(23-20(24)28)7-8-29-16-4-2-1-3-13(16)21/h1-6,9H,7-8,10-11H2,(H,22,26)(H,23,28)/t21-/m1/s1. The number of para-hydroxylation sites is 1. The van der Waals surface area contributed by atoms with Crippen LogP contribution in [0.5, 0.6) is 11.5 Å². The lowest BCUT2D eigenvalue weighted by molar-refractivity contribution is -0.132. The van der Waals surface area contributed by atoms with Gasteiger partial charge >= 0.3 is 6.03 Å². The predicted molar refractivity (Wildman–Crippen MR) is 103 cm³/mol. The summed E-state index contributed by atoms with van der Waals surface area (Å²) in [6.45, 7) is -0.228. The number of benzene rings is 2. The zero-order chi connectivity index (χ0) is 20.9. The van der Waals surface area contributed by atoms with Gasteiger partial charge < -0.3 is 20.1 Å². The molecule has 0 aliphatic carbocycles. The Balaban J connectivity index is 1.41. The van der Waals surface area contributed by atoms with Gasteiger partial charge in [0.05, 0.1) is 18.8 Å². The lowest BCUT2D eigenvalue weighted by atomic mass is 9.84. The van der Waals surface area contributed by atoms with Gasteiger partial charge in [-0.05, 0) is 24.3 Å². The molecule has 0 aromatic heterocycles. The number of Topliss-reactive ketones (excluding diaryl/α,β-unsaturated/α-hetero) is 1. The van der Waals surface area contributed by atoms with E-state index in [4.69, 9.17) is 9.47 Å². The molecule has 0 saturated carbocycles. The van der Waals surface area contributed by atoms with E-state index in [2.05, 4.69) is 10.6 Å². The van der Waals surface area contributed by atoms with Crippen LogP contribution in [0, 0.1) is 0 Å². The minimum Gasteiger partial charge on any atom is -0.493 e. The maximum atomic E-state index is 13.3. The topological polar surface area (TPSA) is 114 Å². The van der Waals surface area contributed by atoms with Gasteiger partial charge in [-0.1, -0.05) is 18.2 Å². The van der Waals surface area contributed by atoms with Crippen LogP contribution in [-0.4, -0.2) is 48.3 Å². The Kier molecular flexibility index (Phi) is 3.99. The molecule has 5 rings (SSSR count). The molecule has 1 fully saturated rings. The number of hydrogen-bond acceptors (Lipinski definition) is 6. The summed E-state index contributed by atoms with van der Waals surface area (Å²) in [6, 6.07) is 11.0. The first-order valence-corrected chi connectivity index (χ1v) is 9.44. The number of ketones is 1. The Hall–Kier alpha value is -3.88. The molecule has 0 unspecified atom stereocenters. The summed E-state index contributed by atoms with van der Waals surface area (Å²) in [6.07, 6.45) is 0.279. The first kappa shape index (κ1) is 18.2. The molecular formula is C21H17N3O6. The van der Waals surface area contributed by atoms with Crippen molar-refractivity contribution < 1.29 is 28.7 Å². The molecule has 1 saturated heterocycles. The SMILES string of the molecule is O=C1COc2ccc(C(=O)CN3C(=O)N[C@@]4(CCOc5ccccc54)C3=O)cc2N1. The Morgan fingerprint density at radius 3 is 2.77 bits per heavy atom. The molecule has 9 heteroatoms. The van der Waals surface area contributed by atoms with Crippen molar-refractivity contribution in [2.75, 3.05) is 25.1 Å². The van der Waals surface area contributed by atoms with Crippen LogP contribution in [0.25, 0.3) is 0 Å². The van der Waals surface area contributed by atoms with E-state index >= 15 is 0 Å². The van der Waals surface area contributed by atoms with Crippen molar-refractivity contribution in [3.63, 3.8) is 0 Å². The monoisotopic (exact) mass is 407 g/mol. The van der Waals surface area contributed by atoms with Crippen LogP contribution < -0.4 is 20.1 Å². The Morgan fingerprint density at radius 2 is 1.90 bits per heavy atom. The van der Waals surface area contributed by atoms with Crippen LogP contribution in [0.3, 0.4) is 0 Å². The van der Waals surface area contributed by atoms with Crippen molar-refractivity contribution in [3.05, 3.63) is 53.6 Å². The molecular weight excluding hydrogens is 390 g/mol. The van der Waals surface area contributed by atoms with Gasteiger partial charge in [0.1, 0.15) is 11.5 Å². The number of amides is 4. The summed E-state index contributed by atoms with van der Waals surface area (Å²) in [5, 5.41) is 5.40. The number of carbonyl (C=O) groups excluding carboxylic acids is 4. The van der Waals surface area contributed by atoms with Gasteiger partial charge in [0.15, 0.2) is 17.9 Å². The van der Waals surface area contributed by atoms with E-state index in [0.29, 0.717) is 22.7 Å². The molecule has 0 radical (unpaired) electrons. The van der Waals surface area contributed by atoms with Gasteiger partial charge in [-0.2, -0.15) is 0 Å². The molecule has 4 amide bonds. The molecule has 9 nitrogen and oxygen atoms in total. The predicted octanol–water partition coefficient (Wildman–Crippen LogP) is 1.43. The second-order valence-corrected chi connectivity index (χ2v) is 7.29. The number of imide groups is 1. The van der Waals surface area contributed by atoms with Crippen molar-refractivity contribution in [2.45, 2.75) is 12.0 Å². The molecule has 3 heterocycles. The highest BCUT2D eigenvalue weighted by molar-refractivity contribution is 6.12. The molecule has 0 bridgehead atoms. The number of carbonyl (C=O) groups is 4. The third-order valence-electron chi connectivity index (χ3n) is 5.49. The lowest BCUT2D eigenvalue weighted by Crippen LogP contribution is -2.47. The van der Waals surface area contributed by atoms with Gasteiger partial charge in [0.25, 0.3) is 11.8 Å². The van der Waals surface area contributed by atoms with Crippen LogP contribution in [0.15, 0.2) is 42.5 Å². The molecule has 2 N–H and O–H groups in total. The van der Waals surface area contributed by atoms with E-state index in [1.165, 1.54) is 12.1 Å². The largest absolute Gasteiger partial charge is 0.493 e. The quantitative estimate of drug-likeness (QED) is 0.588. The number of nitrogens with one attached hydrogen (secondary N) is 2. The number of nitrogens with zero attached hydrogens (tertiary/aromatic N) is 1. The molecule has 2 aromatic carbocycles. The molecule has 2 aromatic rings. The number of anilines is 1. The normalized spacial score (nSPS) is 21.9. The van der Waals surface area contributed by atoms with E-state index in [1.807, 2.05) is 0 Å². The molecule has 1 atom stereocenters. The van der Waals surface area contributed by atoms with E-state index < -0.39 is 29.8 Å². The van der Waals surface area contributed by atoms with Crippen molar-refractivity contribution in [1.29, 1.82) is 0 Å². The van der Waals surface area contributed by atoms with Crippen molar-refractivity contribution in [1.82, 2.24) is 10.2 Å². The summed E-state index contributed by atoms with van der Waals surface area (Å²) in [4.78, 5) is 51.2. The van der Waals surface area contributed by atoms with Crippen LogP contribution in [0.4, 0.5) is 10.5 Å². The number of rotatable bonds is 3. The van der Waals surface area contributed by atoms with Crippen LogP contribution in [0.2, 0.25) is 0 Å². The Labute approximate surface area is 170 Å². The smallest absolute Gasteiger partial charge is 0.325 e. The van der Waals surface area contributed by atoms with Gasteiger partial charge in [-0.25, -0.2) is 4.79 Å². The van der Waals surface area contributed by atoms with Gasteiger partial charge in [-0.15, -0.1) is 0 Å². The maximum absolute atomic E-state index is 13.3. The highest BCUT2D eigenvalue weighted by atomic mass is 16.5. The van der Waals surface area contributed by atoms with E-state index in [1.54, 1.807) is 30.3 Å². The Bertz CT molecular complexity index is 1110. The third-order valence-corrected chi connectivity index (χ3v) is 5.49. The number of hydrogen-bond donors (Lipinski definition) is 2. The highest BCUT2D eigenvalue weighted by Crippen LogP contribution is 2.41. The first-order valence-electron chi connectivity index (χ1n) is 9.44. The lowest BCUT2D eigenvalue weighted by Gasteiger charge is -2.33. The number of ether oxygens (including phenoxy) is 2. The molecule has 30 heavy (non-hydrogen) atoms. The van der Waals surface area contributed by atoms with Crippen LogP contribution in [-0.2, 0) is 15.1 Å². The number of fused-ring (bicyclic) bond motifs is 3. The van der Waals surface area contributed by atoms with Gasteiger partial charge in [-0.3, -0.25) is 19.3 Å². The Morgan fingerprint density at radius 1 is 1.07 bits per heavy atom. The summed E-state index contributed by atoms with van der Waals surface area (Å²) in [7, 11) is 0. The van der Waals surface area contributed by atoms with Crippen LogP contribution in [0.1, 0.15) is 22.3 Å². The fourth-order valence-electron chi connectivity index (χ4n) is 4.01. The minimum absolute atomic E-state index is 0.0873. The van der Waals surface area contributed by atoms with Crippen molar-refractivity contribution in [3.8, 4) is 11.5 Å². The second kappa shape index (κ2) is 6.58.